The third-order valence-electron chi connectivity index (χ3n) is 3.97. The molecule has 0 saturated heterocycles. The number of hydrogen-bond acceptors (Lipinski definition) is 6. The first-order valence-electron chi connectivity index (χ1n) is 8.09. The van der Waals surface area contributed by atoms with Crippen molar-refractivity contribution in [2.45, 2.75) is 23.8 Å². The lowest BCUT2D eigenvalue weighted by Gasteiger charge is -2.15. The molecule has 0 aromatic heterocycles. The number of esters is 1. The van der Waals surface area contributed by atoms with Crippen molar-refractivity contribution in [2.75, 3.05) is 24.3 Å². The first kappa shape index (κ1) is 18.1. The molecule has 0 unspecified atom stereocenters. The summed E-state index contributed by atoms with van der Waals surface area (Å²) in [5.74, 6) is 0.0283. The predicted octanol–water partition coefficient (Wildman–Crippen LogP) is 2.86. The molecule has 1 aliphatic carbocycles. The third kappa shape index (κ3) is 4.08. The van der Waals surface area contributed by atoms with Gasteiger partial charge in [0.15, 0.2) is 0 Å². The lowest BCUT2D eigenvalue weighted by molar-refractivity contribution is 0.0600. The summed E-state index contributed by atoms with van der Waals surface area (Å²) in [5, 5.41) is 3.19. The van der Waals surface area contributed by atoms with Crippen LogP contribution in [-0.2, 0) is 14.8 Å². The van der Waals surface area contributed by atoms with Crippen molar-refractivity contribution in [2.24, 2.45) is 0 Å². The Hall–Kier alpha value is -2.74. The summed E-state index contributed by atoms with van der Waals surface area (Å²) in [7, 11) is -1.12. The molecule has 1 aliphatic rings. The van der Waals surface area contributed by atoms with Gasteiger partial charge in [-0.25, -0.2) is 13.2 Å². The van der Waals surface area contributed by atoms with Gasteiger partial charge in [0.1, 0.15) is 10.6 Å². The summed E-state index contributed by atoms with van der Waals surface area (Å²) in [6.07, 6.45) is 1.98. The molecular weight excluding hydrogens is 356 g/mol. The molecule has 8 heteroatoms. The zero-order chi connectivity index (χ0) is 18.7. The fraction of sp³-hybridized carbons (Fsp3) is 0.278. The number of rotatable bonds is 7. The quantitative estimate of drug-likeness (QED) is 0.722. The summed E-state index contributed by atoms with van der Waals surface area (Å²) in [4.78, 5) is 11.8. The summed E-state index contributed by atoms with van der Waals surface area (Å²) >= 11 is 0. The Morgan fingerprint density at radius 1 is 1.08 bits per heavy atom. The number of hydrogen-bond donors (Lipinski definition) is 2. The van der Waals surface area contributed by atoms with Gasteiger partial charge in [0, 0.05) is 11.7 Å². The van der Waals surface area contributed by atoms with E-state index < -0.39 is 16.0 Å². The number of carbonyl (C=O) groups is 1. The molecule has 0 aliphatic heterocycles. The molecule has 2 aromatic carbocycles. The molecule has 0 spiro atoms. The molecule has 0 amide bonds. The van der Waals surface area contributed by atoms with E-state index in [0.29, 0.717) is 17.1 Å². The Morgan fingerprint density at radius 2 is 1.77 bits per heavy atom. The van der Waals surface area contributed by atoms with Gasteiger partial charge in [-0.3, -0.25) is 4.72 Å². The van der Waals surface area contributed by atoms with E-state index in [1.165, 1.54) is 20.3 Å². The fourth-order valence-electron chi connectivity index (χ4n) is 2.43. The molecule has 2 aromatic rings. The van der Waals surface area contributed by atoms with Crippen LogP contribution in [0.4, 0.5) is 11.4 Å². The number of methoxy groups -OCH3 is 2. The van der Waals surface area contributed by atoms with Crippen LogP contribution in [0.5, 0.6) is 5.75 Å². The predicted molar refractivity (Wildman–Crippen MR) is 98.2 cm³/mol. The molecule has 26 heavy (non-hydrogen) atoms. The second kappa shape index (κ2) is 7.25. The van der Waals surface area contributed by atoms with E-state index in [9.17, 15) is 13.2 Å². The van der Waals surface area contributed by atoms with E-state index in [1.54, 1.807) is 36.4 Å². The van der Waals surface area contributed by atoms with E-state index in [-0.39, 0.29) is 16.5 Å². The van der Waals surface area contributed by atoms with Gasteiger partial charge in [0.05, 0.1) is 25.5 Å². The largest absolute Gasteiger partial charge is 0.497 e. The van der Waals surface area contributed by atoms with Crippen LogP contribution in [0.3, 0.4) is 0 Å². The highest BCUT2D eigenvalue weighted by atomic mass is 32.2. The van der Waals surface area contributed by atoms with Crippen LogP contribution in [0.1, 0.15) is 23.2 Å². The number of carbonyl (C=O) groups excluding carboxylic acids is 1. The number of sulfonamides is 1. The Morgan fingerprint density at radius 3 is 2.35 bits per heavy atom. The topological polar surface area (TPSA) is 93.7 Å². The van der Waals surface area contributed by atoms with E-state index in [2.05, 4.69) is 10.0 Å². The van der Waals surface area contributed by atoms with Gasteiger partial charge in [-0.1, -0.05) is 0 Å². The highest BCUT2D eigenvalue weighted by Gasteiger charge is 2.26. The third-order valence-corrected chi connectivity index (χ3v) is 5.39. The lowest BCUT2D eigenvalue weighted by Crippen LogP contribution is -2.17. The van der Waals surface area contributed by atoms with Gasteiger partial charge >= 0.3 is 5.97 Å². The molecule has 0 radical (unpaired) electrons. The highest BCUT2D eigenvalue weighted by Crippen LogP contribution is 2.31. The van der Waals surface area contributed by atoms with Gasteiger partial charge < -0.3 is 14.8 Å². The number of anilines is 2. The maximum Gasteiger partial charge on any atom is 0.337 e. The van der Waals surface area contributed by atoms with Crippen LogP contribution < -0.4 is 14.8 Å². The molecule has 0 atom stereocenters. The van der Waals surface area contributed by atoms with Crippen molar-refractivity contribution in [1.29, 1.82) is 0 Å². The zero-order valence-corrected chi connectivity index (χ0v) is 15.3. The maximum atomic E-state index is 12.9. The maximum absolute atomic E-state index is 12.9. The van der Waals surface area contributed by atoms with E-state index in [1.807, 2.05) is 0 Å². The van der Waals surface area contributed by atoms with Gasteiger partial charge in [0.25, 0.3) is 10.0 Å². The lowest BCUT2D eigenvalue weighted by atomic mass is 10.2. The van der Waals surface area contributed by atoms with Crippen molar-refractivity contribution in [3.8, 4) is 5.75 Å². The Kier molecular flexibility index (Phi) is 5.03. The summed E-state index contributed by atoms with van der Waals surface area (Å²) in [6, 6.07) is 11.2. The second-order valence-electron chi connectivity index (χ2n) is 5.96. The fourth-order valence-corrected chi connectivity index (χ4v) is 3.68. The van der Waals surface area contributed by atoms with E-state index >= 15 is 0 Å². The molecule has 7 nitrogen and oxygen atoms in total. The van der Waals surface area contributed by atoms with Crippen molar-refractivity contribution in [3.63, 3.8) is 0 Å². The van der Waals surface area contributed by atoms with Gasteiger partial charge in [0.2, 0.25) is 0 Å². The Balaban J connectivity index is 1.95. The van der Waals surface area contributed by atoms with Gasteiger partial charge in [-0.15, -0.1) is 0 Å². The van der Waals surface area contributed by atoms with Crippen LogP contribution in [0.2, 0.25) is 0 Å². The normalized spacial score (nSPS) is 13.8. The molecule has 1 fully saturated rings. The average molecular weight is 376 g/mol. The highest BCUT2D eigenvalue weighted by molar-refractivity contribution is 7.92. The van der Waals surface area contributed by atoms with Crippen molar-refractivity contribution in [1.82, 2.24) is 0 Å². The minimum Gasteiger partial charge on any atom is -0.497 e. The van der Waals surface area contributed by atoms with Gasteiger partial charge in [-0.2, -0.15) is 0 Å². The van der Waals surface area contributed by atoms with Crippen molar-refractivity contribution >= 4 is 27.4 Å². The second-order valence-corrected chi connectivity index (χ2v) is 7.61. The van der Waals surface area contributed by atoms with Crippen molar-refractivity contribution in [3.05, 3.63) is 48.0 Å². The smallest absolute Gasteiger partial charge is 0.337 e. The molecule has 3 rings (SSSR count). The van der Waals surface area contributed by atoms with Crippen molar-refractivity contribution < 1.29 is 22.7 Å². The summed E-state index contributed by atoms with van der Waals surface area (Å²) < 4.78 is 38.1. The first-order valence-corrected chi connectivity index (χ1v) is 9.57. The molecule has 138 valence electrons. The average Bonchev–Trinajstić information content (AvgIpc) is 3.45. The molecule has 2 N–H and O–H groups in total. The van der Waals surface area contributed by atoms with Crippen LogP contribution in [0.15, 0.2) is 47.4 Å². The Labute approximate surface area is 152 Å². The Bertz CT molecular complexity index is 906. The van der Waals surface area contributed by atoms with Crippen LogP contribution >= 0.6 is 0 Å². The SMILES string of the molecule is COC(=O)c1ccc(NC2CC2)c(S(=O)(=O)Nc2ccc(OC)cc2)c1. The van der Waals surface area contributed by atoms with Crippen LogP contribution in [0, 0.1) is 0 Å². The molecular formula is C18H20N2O5S. The minimum atomic E-state index is -3.91. The summed E-state index contributed by atoms with van der Waals surface area (Å²) in [6.45, 7) is 0. The molecule has 0 bridgehead atoms. The summed E-state index contributed by atoms with van der Waals surface area (Å²) in [5.41, 5.74) is 1.02. The molecule has 0 heterocycles. The number of nitrogens with one attached hydrogen (secondary N) is 2. The number of ether oxygens (including phenoxy) is 2. The zero-order valence-electron chi connectivity index (χ0n) is 14.5. The minimum absolute atomic E-state index is 0.00289. The first-order chi connectivity index (χ1) is 12.4. The van der Waals surface area contributed by atoms with E-state index in [0.717, 1.165) is 12.8 Å². The van der Waals surface area contributed by atoms with E-state index in [4.69, 9.17) is 9.47 Å². The van der Waals surface area contributed by atoms with Gasteiger partial charge in [-0.05, 0) is 55.3 Å². The monoisotopic (exact) mass is 376 g/mol. The standard InChI is InChI=1S/C18H20N2O5S/c1-24-15-8-6-14(7-9-15)20-26(22,23)17-11-12(18(21)25-2)3-10-16(17)19-13-4-5-13/h3,6-11,13,19-20H,4-5H2,1-2H3. The van der Waals surface area contributed by atoms with Crippen LogP contribution in [0.25, 0.3) is 0 Å². The van der Waals surface area contributed by atoms with Crippen LogP contribution in [-0.4, -0.2) is 34.6 Å². The number of benzene rings is 2. The molecule has 1 saturated carbocycles.